The molecule has 0 aliphatic carbocycles. The zero-order valence-electron chi connectivity index (χ0n) is 9.86. The lowest BCUT2D eigenvalue weighted by Gasteiger charge is -2.09. The molecule has 0 unspecified atom stereocenters. The number of benzene rings is 1. The Morgan fingerprint density at radius 2 is 2.24 bits per heavy atom. The molecule has 2 aromatic rings. The monoisotopic (exact) mass is 249 g/mol. The summed E-state index contributed by atoms with van der Waals surface area (Å²) in [7, 11) is 0. The molecule has 0 aliphatic rings. The van der Waals surface area contributed by atoms with Gasteiger partial charge in [-0.3, -0.25) is 0 Å². The van der Waals surface area contributed by atoms with E-state index in [4.69, 9.17) is 17.3 Å². The summed E-state index contributed by atoms with van der Waals surface area (Å²) in [6, 6.07) is 6.05. The standard InChI is InChI=1S/C13H16ClN3/c1-2-13-16-7-8-17(13)11-4-3-10(5-6-15)12(14)9-11/h3-4,7-9H,2,5-6,15H2,1H3. The molecular weight excluding hydrogens is 234 g/mol. The minimum absolute atomic E-state index is 0.615. The Morgan fingerprint density at radius 1 is 1.41 bits per heavy atom. The second kappa shape index (κ2) is 5.34. The second-order valence-corrected chi connectivity index (χ2v) is 4.29. The molecule has 0 radical (unpaired) electrons. The van der Waals surface area contributed by atoms with Gasteiger partial charge < -0.3 is 10.3 Å². The fourth-order valence-corrected chi connectivity index (χ4v) is 2.14. The Balaban J connectivity index is 2.37. The molecule has 3 nitrogen and oxygen atoms in total. The summed E-state index contributed by atoms with van der Waals surface area (Å²) in [5.74, 6) is 1.03. The van der Waals surface area contributed by atoms with Crippen molar-refractivity contribution in [2.24, 2.45) is 5.73 Å². The first-order chi connectivity index (χ1) is 8.26. The first kappa shape index (κ1) is 12.1. The van der Waals surface area contributed by atoms with E-state index in [9.17, 15) is 0 Å². The second-order valence-electron chi connectivity index (χ2n) is 3.88. The van der Waals surface area contributed by atoms with Crippen molar-refractivity contribution in [3.05, 3.63) is 47.0 Å². The normalized spacial score (nSPS) is 10.8. The van der Waals surface area contributed by atoms with Gasteiger partial charge in [0, 0.05) is 29.5 Å². The average Bonchev–Trinajstić information content (AvgIpc) is 2.80. The van der Waals surface area contributed by atoms with E-state index < -0.39 is 0 Å². The van der Waals surface area contributed by atoms with Crippen LogP contribution in [0.4, 0.5) is 0 Å². The van der Waals surface area contributed by atoms with E-state index >= 15 is 0 Å². The van der Waals surface area contributed by atoms with Crippen molar-refractivity contribution in [1.82, 2.24) is 9.55 Å². The van der Waals surface area contributed by atoms with Crippen LogP contribution in [0.2, 0.25) is 5.02 Å². The van der Waals surface area contributed by atoms with E-state index in [0.717, 1.165) is 34.9 Å². The molecule has 2 N–H and O–H groups in total. The van der Waals surface area contributed by atoms with Crippen LogP contribution in [0, 0.1) is 0 Å². The van der Waals surface area contributed by atoms with Gasteiger partial charge in [-0.1, -0.05) is 24.6 Å². The van der Waals surface area contributed by atoms with Gasteiger partial charge in [0.05, 0.1) is 0 Å². The summed E-state index contributed by atoms with van der Waals surface area (Å²) >= 11 is 6.23. The predicted octanol–water partition coefficient (Wildman–Crippen LogP) is 2.59. The first-order valence-electron chi connectivity index (χ1n) is 5.77. The van der Waals surface area contributed by atoms with Gasteiger partial charge in [-0.25, -0.2) is 4.98 Å². The number of aryl methyl sites for hydroxylation is 1. The molecular formula is C13H16ClN3. The van der Waals surface area contributed by atoms with Crippen LogP contribution < -0.4 is 5.73 Å². The topological polar surface area (TPSA) is 43.8 Å². The molecule has 0 aliphatic heterocycles. The number of imidazole rings is 1. The maximum Gasteiger partial charge on any atom is 0.112 e. The third-order valence-electron chi connectivity index (χ3n) is 2.76. The van der Waals surface area contributed by atoms with Crippen molar-refractivity contribution in [2.45, 2.75) is 19.8 Å². The van der Waals surface area contributed by atoms with Crippen molar-refractivity contribution in [3.8, 4) is 5.69 Å². The van der Waals surface area contributed by atoms with E-state index in [1.54, 1.807) is 6.20 Å². The van der Waals surface area contributed by atoms with Gasteiger partial charge in [-0.15, -0.1) is 0 Å². The Hall–Kier alpha value is -1.32. The summed E-state index contributed by atoms with van der Waals surface area (Å²) < 4.78 is 2.05. The van der Waals surface area contributed by atoms with Gasteiger partial charge in [0.1, 0.15) is 5.82 Å². The van der Waals surface area contributed by atoms with Gasteiger partial charge in [-0.2, -0.15) is 0 Å². The van der Waals surface area contributed by atoms with Gasteiger partial charge >= 0.3 is 0 Å². The predicted molar refractivity (Wildman–Crippen MR) is 70.7 cm³/mol. The molecule has 0 bridgehead atoms. The molecule has 0 saturated carbocycles. The van der Waals surface area contributed by atoms with Crippen LogP contribution in [-0.2, 0) is 12.8 Å². The molecule has 1 aromatic carbocycles. The first-order valence-corrected chi connectivity index (χ1v) is 6.15. The summed E-state index contributed by atoms with van der Waals surface area (Å²) in [4.78, 5) is 4.30. The van der Waals surface area contributed by atoms with Gasteiger partial charge in [-0.05, 0) is 30.7 Å². The molecule has 0 atom stereocenters. The molecule has 0 fully saturated rings. The third kappa shape index (κ3) is 2.51. The quantitative estimate of drug-likeness (QED) is 0.905. The smallest absolute Gasteiger partial charge is 0.112 e. The van der Waals surface area contributed by atoms with Crippen LogP contribution in [0.25, 0.3) is 5.69 Å². The van der Waals surface area contributed by atoms with Crippen molar-refractivity contribution in [1.29, 1.82) is 0 Å². The summed E-state index contributed by atoms with van der Waals surface area (Å²) in [6.45, 7) is 2.70. The fraction of sp³-hybridized carbons (Fsp3) is 0.308. The Kier molecular flexibility index (Phi) is 3.82. The van der Waals surface area contributed by atoms with Crippen molar-refractivity contribution in [3.63, 3.8) is 0 Å². The van der Waals surface area contributed by atoms with Crippen LogP contribution in [-0.4, -0.2) is 16.1 Å². The van der Waals surface area contributed by atoms with Crippen molar-refractivity contribution < 1.29 is 0 Å². The molecule has 90 valence electrons. The number of rotatable bonds is 4. The SMILES string of the molecule is CCc1nccn1-c1ccc(CCN)c(Cl)c1. The summed E-state index contributed by atoms with van der Waals surface area (Å²) in [5.41, 5.74) is 7.67. The number of nitrogens with zero attached hydrogens (tertiary/aromatic N) is 2. The molecule has 17 heavy (non-hydrogen) atoms. The largest absolute Gasteiger partial charge is 0.330 e. The highest BCUT2D eigenvalue weighted by molar-refractivity contribution is 6.31. The number of hydrogen-bond donors (Lipinski definition) is 1. The molecule has 0 saturated heterocycles. The molecule has 1 aromatic heterocycles. The van der Waals surface area contributed by atoms with Crippen molar-refractivity contribution in [2.75, 3.05) is 6.54 Å². The lowest BCUT2D eigenvalue weighted by Crippen LogP contribution is -2.04. The van der Waals surface area contributed by atoms with Crippen LogP contribution in [0.3, 0.4) is 0 Å². The van der Waals surface area contributed by atoms with Crippen LogP contribution in [0.15, 0.2) is 30.6 Å². The highest BCUT2D eigenvalue weighted by atomic mass is 35.5. The third-order valence-corrected chi connectivity index (χ3v) is 3.11. The minimum atomic E-state index is 0.615. The van der Waals surface area contributed by atoms with Gasteiger partial charge in [0.25, 0.3) is 0 Å². The Labute approximate surface area is 106 Å². The lowest BCUT2D eigenvalue weighted by atomic mass is 10.1. The minimum Gasteiger partial charge on any atom is -0.330 e. The molecule has 1 heterocycles. The van der Waals surface area contributed by atoms with Gasteiger partial charge in [0.15, 0.2) is 0 Å². The highest BCUT2D eigenvalue weighted by Gasteiger charge is 2.05. The Bertz CT molecular complexity index is 505. The number of nitrogens with two attached hydrogens (primary N) is 1. The number of halogens is 1. The highest BCUT2D eigenvalue weighted by Crippen LogP contribution is 2.21. The molecule has 2 rings (SSSR count). The van der Waals surface area contributed by atoms with Crippen LogP contribution in [0.1, 0.15) is 18.3 Å². The van der Waals surface area contributed by atoms with E-state index in [1.165, 1.54) is 0 Å². The summed E-state index contributed by atoms with van der Waals surface area (Å²) in [6.07, 6.45) is 5.46. The van der Waals surface area contributed by atoms with E-state index in [2.05, 4.69) is 22.5 Å². The maximum absolute atomic E-state index is 6.23. The number of aromatic nitrogens is 2. The van der Waals surface area contributed by atoms with Crippen LogP contribution in [0.5, 0.6) is 0 Å². The zero-order valence-corrected chi connectivity index (χ0v) is 10.6. The van der Waals surface area contributed by atoms with Crippen molar-refractivity contribution >= 4 is 11.6 Å². The lowest BCUT2D eigenvalue weighted by molar-refractivity contribution is 0.889. The molecule has 0 amide bonds. The zero-order chi connectivity index (χ0) is 12.3. The summed E-state index contributed by atoms with van der Waals surface area (Å²) in [5, 5.41) is 0.767. The Morgan fingerprint density at radius 3 is 2.88 bits per heavy atom. The molecule has 0 spiro atoms. The van der Waals surface area contributed by atoms with E-state index in [-0.39, 0.29) is 0 Å². The number of hydrogen-bond acceptors (Lipinski definition) is 2. The van der Waals surface area contributed by atoms with E-state index in [1.807, 2.05) is 18.3 Å². The maximum atomic E-state index is 6.23. The van der Waals surface area contributed by atoms with E-state index in [0.29, 0.717) is 6.54 Å². The fourth-order valence-electron chi connectivity index (χ4n) is 1.88. The molecule has 4 heteroatoms. The van der Waals surface area contributed by atoms with Crippen LogP contribution >= 0.6 is 11.6 Å². The van der Waals surface area contributed by atoms with Gasteiger partial charge in [0.2, 0.25) is 0 Å². The average molecular weight is 250 g/mol.